The van der Waals surface area contributed by atoms with Gasteiger partial charge in [0.25, 0.3) is 0 Å². The van der Waals surface area contributed by atoms with Crippen molar-refractivity contribution < 1.29 is 14.3 Å². The number of nitrogens with one attached hydrogen (secondary N) is 1. The number of hydrogen-bond donors (Lipinski definition) is 1. The SMILES string of the molecule is COC(=O)[C@]1(C)N[C@H](c2ccc3ccccc3c2)[C@@H]2C(=O)CC[C@@H]21. The van der Waals surface area contributed by atoms with E-state index in [0.717, 1.165) is 17.4 Å². The van der Waals surface area contributed by atoms with Crippen LogP contribution in [0.3, 0.4) is 0 Å². The quantitative estimate of drug-likeness (QED) is 0.863. The van der Waals surface area contributed by atoms with Gasteiger partial charge in [0.1, 0.15) is 11.3 Å². The number of carbonyl (C=O) groups is 2. The highest BCUT2D eigenvalue weighted by molar-refractivity contribution is 5.90. The molecule has 1 saturated carbocycles. The van der Waals surface area contributed by atoms with E-state index in [4.69, 9.17) is 4.74 Å². The maximum absolute atomic E-state index is 12.5. The largest absolute Gasteiger partial charge is 0.468 e. The van der Waals surface area contributed by atoms with Crippen LogP contribution in [0.5, 0.6) is 0 Å². The Morgan fingerprint density at radius 1 is 1.21 bits per heavy atom. The van der Waals surface area contributed by atoms with Crippen LogP contribution >= 0.6 is 0 Å². The van der Waals surface area contributed by atoms with Gasteiger partial charge in [0.2, 0.25) is 0 Å². The number of hydrogen-bond acceptors (Lipinski definition) is 4. The van der Waals surface area contributed by atoms with Crippen molar-refractivity contribution in [2.24, 2.45) is 11.8 Å². The predicted molar refractivity (Wildman–Crippen MR) is 91.5 cm³/mol. The zero-order chi connectivity index (χ0) is 16.9. The average molecular weight is 323 g/mol. The third-order valence-corrected chi connectivity index (χ3v) is 5.81. The Bertz CT molecular complexity index is 830. The van der Waals surface area contributed by atoms with E-state index in [1.807, 2.05) is 19.1 Å². The van der Waals surface area contributed by atoms with E-state index in [0.29, 0.717) is 6.42 Å². The van der Waals surface area contributed by atoms with Crippen LogP contribution in [0.25, 0.3) is 10.8 Å². The molecule has 0 radical (unpaired) electrons. The maximum Gasteiger partial charge on any atom is 0.326 e. The Morgan fingerprint density at radius 2 is 1.96 bits per heavy atom. The Balaban J connectivity index is 1.78. The zero-order valence-corrected chi connectivity index (χ0v) is 13.9. The lowest BCUT2D eigenvalue weighted by atomic mass is 9.80. The Kier molecular flexibility index (Phi) is 3.46. The summed E-state index contributed by atoms with van der Waals surface area (Å²) in [5, 5.41) is 5.75. The molecule has 0 amide bonds. The molecule has 2 fully saturated rings. The summed E-state index contributed by atoms with van der Waals surface area (Å²) < 4.78 is 5.02. The predicted octanol–water partition coefficient (Wildman–Crippen LogP) is 3.01. The van der Waals surface area contributed by atoms with Crippen molar-refractivity contribution in [3.63, 3.8) is 0 Å². The lowest BCUT2D eigenvalue weighted by molar-refractivity contribution is -0.149. The van der Waals surface area contributed by atoms with E-state index in [-0.39, 0.29) is 29.6 Å². The summed E-state index contributed by atoms with van der Waals surface area (Å²) in [6.45, 7) is 1.87. The highest BCUT2D eigenvalue weighted by atomic mass is 16.5. The van der Waals surface area contributed by atoms with E-state index in [1.54, 1.807) is 0 Å². The van der Waals surface area contributed by atoms with Crippen molar-refractivity contribution in [1.82, 2.24) is 5.32 Å². The Hall–Kier alpha value is -2.20. The van der Waals surface area contributed by atoms with E-state index in [2.05, 4.69) is 35.6 Å². The summed E-state index contributed by atoms with van der Waals surface area (Å²) in [6, 6.07) is 14.3. The summed E-state index contributed by atoms with van der Waals surface area (Å²) in [4.78, 5) is 24.9. The molecule has 2 aliphatic rings. The molecule has 4 nitrogen and oxygen atoms in total. The molecular formula is C20H21NO3. The number of ketones is 1. The molecule has 0 spiro atoms. The molecule has 1 aliphatic carbocycles. The van der Waals surface area contributed by atoms with Crippen molar-refractivity contribution in [3.8, 4) is 0 Å². The standard InChI is InChI=1S/C20H21NO3/c1-20(19(23)24-2)15-9-10-16(22)17(15)18(21-20)14-8-7-12-5-3-4-6-13(12)11-14/h3-8,11,15,17-18,21H,9-10H2,1-2H3/t15-,17-,18+,20+/m0/s1. The van der Waals surface area contributed by atoms with Gasteiger partial charge in [-0.3, -0.25) is 14.9 Å². The van der Waals surface area contributed by atoms with Crippen molar-refractivity contribution in [2.45, 2.75) is 31.3 Å². The summed E-state index contributed by atoms with van der Waals surface area (Å²) in [7, 11) is 1.41. The molecule has 4 heteroatoms. The first kappa shape index (κ1) is 15.3. The van der Waals surface area contributed by atoms with Gasteiger partial charge < -0.3 is 4.74 Å². The van der Waals surface area contributed by atoms with Crippen LogP contribution in [0.1, 0.15) is 31.4 Å². The first-order chi connectivity index (χ1) is 11.5. The summed E-state index contributed by atoms with van der Waals surface area (Å²) in [5.41, 5.74) is 0.258. The van der Waals surface area contributed by atoms with E-state index >= 15 is 0 Å². The number of esters is 1. The zero-order valence-electron chi connectivity index (χ0n) is 13.9. The molecular weight excluding hydrogens is 302 g/mol. The molecule has 24 heavy (non-hydrogen) atoms. The molecule has 4 atom stereocenters. The average Bonchev–Trinajstić information content (AvgIpc) is 3.14. The minimum absolute atomic E-state index is 0.00563. The number of benzene rings is 2. The van der Waals surface area contributed by atoms with Gasteiger partial charge in [0.15, 0.2) is 0 Å². The molecule has 1 heterocycles. The lowest BCUT2D eigenvalue weighted by Crippen LogP contribution is -2.50. The van der Waals surface area contributed by atoms with Gasteiger partial charge in [-0.1, -0.05) is 36.4 Å². The molecule has 0 bridgehead atoms. The number of rotatable bonds is 2. The minimum atomic E-state index is -0.804. The fourth-order valence-corrected chi connectivity index (χ4v) is 4.57. The van der Waals surface area contributed by atoms with Crippen LogP contribution in [0.2, 0.25) is 0 Å². The van der Waals surface area contributed by atoms with E-state index in [1.165, 1.54) is 12.5 Å². The Morgan fingerprint density at radius 3 is 2.71 bits per heavy atom. The number of Topliss-reactive ketones (excluding diaryl/α,β-unsaturated/α-hetero) is 1. The highest BCUT2D eigenvalue weighted by Crippen LogP contribution is 2.50. The molecule has 0 unspecified atom stereocenters. The molecule has 0 aromatic heterocycles. The fraction of sp³-hybridized carbons (Fsp3) is 0.400. The topological polar surface area (TPSA) is 55.4 Å². The number of carbonyl (C=O) groups excluding carboxylic acids is 2. The van der Waals surface area contributed by atoms with Crippen molar-refractivity contribution in [3.05, 3.63) is 48.0 Å². The minimum Gasteiger partial charge on any atom is -0.468 e. The summed E-state index contributed by atoms with van der Waals surface area (Å²) >= 11 is 0. The summed E-state index contributed by atoms with van der Waals surface area (Å²) in [6.07, 6.45) is 1.29. The fourth-order valence-electron chi connectivity index (χ4n) is 4.57. The summed E-state index contributed by atoms with van der Waals surface area (Å²) in [5.74, 6) is -0.196. The Labute approximate surface area is 141 Å². The van der Waals surface area contributed by atoms with E-state index in [9.17, 15) is 9.59 Å². The molecule has 2 aromatic carbocycles. The molecule has 4 rings (SSSR count). The third kappa shape index (κ3) is 2.09. The van der Waals surface area contributed by atoms with Crippen LogP contribution in [0, 0.1) is 11.8 Å². The van der Waals surface area contributed by atoms with E-state index < -0.39 is 5.54 Å². The van der Waals surface area contributed by atoms with Gasteiger partial charge >= 0.3 is 5.97 Å². The normalized spacial score (nSPS) is 32.1. The van der Waals surface area contributed by atoms with Crippen LogP contribution in [-0.2, 0) is 14.3 Å². The van der Waals surface area contributed by atoms with Crippen molar-refractivity contribution >= 4 is 22.5 Å². The first-order valence-electron chi connectivity index (χ1n) is 8.42. The van der Waals surface area contributed by atoms with Crippen LogP contribution < -0.4 is 5.32 Å². The van der Waals surface area contributed by atoms with Crippen molar-refractivity contribution in [1.29, 1.82) is 0 Å². The molecule has 2 aromatic rings. The van der Waals surface area contributed by atoms with Crippen LogP contribution in [0.4, 0.5) is 0 Å². The van der Waals surface area contributed by atoms with Crippen LogP contribution in [-0.4, -0.2) is 24.4 Å². The maximum atomic E-state index is 12.5. The van der Waals surface area contributed by atoms with Crippen molar-refractivity contribution in [2.75, 3.05) is 7.11 Å². The number of fused-ring (bicyclic) bond motifs is 2. The van der Waals surface area contributed by atoms with Gasteiger partial charge in [0.05, 0.1) is 7.11 Å². The molecule has 1 N–H and O–H groups in total. The van der Waals surface area contributed by atoms with Gasteiger partial charge in [-0.05, 0) is 41.7 Å². The van der Waals surface area contributed by atoms with Gasteiger partial charge in [0, 0.05) is 18.4 Å². The number of methoxy groups -OCH3 is 1. The second kappa shape index (κ2) is 5.42. The molecule has 1 aliphatic heterocycles. The van der Waals surface area contributed by atoms with Crippen LogP contribution in [0.15, 0.2) is 42.5 Å². The second-order valence-electron chi connectivity index (χ2n) is 7.06. The smallest absolute Gasteiger partial charge is 0.326 e. The lowest BCUT2D eigenvalue weighted by Gasteiger charge is -2.27. The van der Waals surface area contributed by atoms with Gasteiger partial charge in [-0.25, -0.2) is 0 Å². The van der Waals surface area contributed by atoms with Gasteiger partial charge in [-0.15, -0.1) is 0 Å². The molecule has 124 valence electrons. The second-order valence-corrected chi connectivity index (χ2v) is 7.06. The highest BCUT2D eigenvalue weighted by Gasteiger charge is 2.60. The third-order valence-electron chi connectivity index (χ3n) is 5.81. The monoisotopic (exact) mass is 323 g/mol. The molecule has 1 saturated heterocycles. The number of ether oxygens (including phenoxy) is 1. The first-order valence-corrected chi connectivity index (χ1v) is 8.42. The van der Waals surface area contributed by atoms with Gasteiger partial charge in [-0.2, -0.15) is 0 Å².